The van der Waals surface area contributed by atoms with Gasteiger partial charge < -0.3 is 5.32 Å². The van der Waals surface area contributed by atoms with Crippen molar-refractivity contribution in [1.82, 2.24) is 10.2 Å². The van der Waals surface area contributed by atoms with Crippen molar-refractivity contribution >= 4 is 0 Å². The van der Waals surface area contributed by atoms with Crippen LogP contribution < -0.4 is 5.32 Å². The summed E-state index contributed by atoms with van der Waals surface area (Å²) in [6, 6.07) is 12.2. The van der Waals surface area contributed by atoms with E-state index in [1.54, 1.807) is 0 Å². The van der Waals surface area contributed by atoms with Crippen LogP contribution in [0.5, 0.6) is 0 Å². The summed E-state index contributed by atoms with van der Waals surface area (Å²) < 4.78 is 0. The van der Waals surface area contributed by atoms with Gasteiger partial charge in [-0.1, -0.05) is 58.0 Å². The van der Waals surface area contributed by atoms with Crippen LogP contribution in [0.25, 0.3) is 0 Å². The van der Waals surface area contributed by atoms with Gasteiger partial charge in [-0.15, -0.1) is 0 Å². The first-order chi connectivity index (χ1) is 9.40. The largest absolute Gasteiger partial charge is 0.312 e. The number of benzene rings is 1. The van der Waals surface area contributed by atoms with E-state index in [0.29, 0.717) is 30.0 Å². The molecule has 20 heavy (non-hydrogen) atoms. The van der Waals surface area contributed by atoms with Gasteiger partial charge in [0, 0.05) is 18.1 Å². The second-order valence-corrected chi connectivity index (χ2v) is 6.56. The Bertz CT molecular complexity index is 372. The first-order valence-electron chi connectivity index (χ1n) is 7.84. The number of likely N-dealkylation sites (N-methyl/N-ethyl adjacent to an activating group) is 2. The third-order valence-electron chi connectivity index (χ3n) is 4.57. The van der Waals surface area contributed by atoms with Gasteiger partial charge in [-0.25, -0.2) is 0 Å². The Morgan fingerprint density at radius 2 is 1.45 bits per heavy atom. The van der Waals surface area contributed by atoms with Crippen LogP contribution >= 0.6 is 0 Å². The predicted molar refractivity (Wildman–Crippen MR) is 88.9 cm³/mol. The molecule has 0 heterocycles. The summed E-state index contributed by atoms with van der Waals surface area (Å²) in [5.74, 6) is 1.26. The minimum absolute atomic E-state index is 0.363. The van der Waals surface area contributed by atoms with Crippen LogP contribution in [0.2, 0.25) is 0 Å². The van der Waals surface area contributed by atoms with Crippen LogP contribution in [0, 0.1) is 11.8 Å². The van der Waals surface area contributed by atoms with E-state index >= 15 is 0 Å². The van der Waals surface area contributed by atoms with E-state index < -0.39 is 0 Å². The molecule has 0 saturated heterocycles. The molecule has 3 unspecified atom stereocenters. The highest BCUT2D eigenvalue weighted by Gasteiger charge is 2.31. The molecule has 3 atom stereocenters. The first-order valence-corrected chi connectivity index (χ1v) is 7.84. The zero-order valence-electron chi connectivity index (χ0n) is 14.2. The van der Waals surface area contributed by atoms with E-state index in [4.69, 9.17) is 0 Å². The summed E-state index contributed by atoms with van der Waals surface area (Å²) in [5, 5.41) is 3.53. The summed E-state index contributed by atoms with van der Waals surface area (Å²) >= 11 is 0. The smallest absolute Gasteiger partial charge is 0.0478 e. The SMILES string of the molecule is CNC(c1ccccc1)C(C(C)C)N(C)C(C)C(C)C. The zero-order valence-corrected chi connectivity index (χ0v) is 14.2. The minimum atomic E-state index is 0.363. The number of nitrogens with zero attached hydrogens (tertiary/aromatic N) is 1. The van der Waals surface area contributed by atoms with Crippen molar-refractivity contribution in [2.75, 3.05) is 14.1 Å². The molecule has 0 fully saturated rings. The van der Waals surface area contributed by atoms with Gasteiger partial charge in [0.1, 0.15) is 0 Å². The predicted octanol–water partition coefficient (Wildman–Crippen LogP) is 3.95. The van der Waals surface area contributed by atoms with Crippen LogP contribution in [0.4, 0.5) is 0 Å². The molecule has 2 heteroatoms. The molecule has 2 nitrogen and oxygen atoms in total. The van der Waals surface area contributed by atoms with Crippen molar-refractivity contribution < 1.29 is 0 Å². The van der Waals surface area contributed by atoms with E-state index in [1.807, 2.05) is 0 Å². The van der Waals surface area contributed by atoms with Crippen molar-refractivity contribution in [2.45, 2.75) is 52.7 Å². The third-order valence-corrected chi connectivity index (χ3v) is 4.57. The molecule has 0 amide bonds. The van der Waals surface area contributed by atoms with Crippen molar-refractivity contribution in [1.29, 1.82) is 0 Å². The quantitative estimate of drug-likeness (QED) is 0.811. The lowest BCUT2D eigenvalue weighted by Crippen LogP contribution is -2.50. The molecule has 0 spiro atoms. The van der Waals surface area contributed by atoms with Crippen LogP contribution in [0.15, 0.2) is 30.3 Å². The average molecular weight is 276 g/mol. The average Bonchev–Trinajstić information content (AvgIpc) is 2.43. The second kappa shape index (κ2) is 7.80. The van der Waals surface area contributed by atoms with E-state index in [9.17, 15) is 0 Å². The molecule has 0 aliphatic heterocycles. The van der Waals surface area contributed by atoms with Crippen molar-refractivity contribution in [2.24, 2.45) is 11.8 Å². The molecule has 1 aromatic carbocycles. The van der Waals surface area contributed by atoms with Gasteiger partial charge in [-0.2, -0.15) is 0 Å². The molecule has 0 radical (unpaired) electrons. The molecular formula is C18H32N2. The van der Waals surface area contributed by atoms with Gasteiger partial charge in [0.25, 0.3) is 0 Å². The van der Waals surface area contributed by atoms with Crippen molar-refractivity contribution in [3.8, 4) is 0 Å². The highest BCUT2D eigenvalue weighted by atomic mass is 15.2. The Labute approximate surface area is 125 Å². The Morgan fingerprint density at radius 3 is 1.85 bits per heavy atom. The molecule has 114 valence electrons. The lowest BCUT2D eigenvalue weighted by atomic mass is 9.88. The lowest BCUT2D eigenvalue weighted by Gasteiger charge is -2.42. The maximum absolute atomic E-state index is 3.53. The first kappa shape index (κ1) is 17.2. The van der Waals surface area contributed by atoms with Gasteiger partial charge >= 0.3 is 0 Å². The van der Waals surface area contributed by atoms with E-state index in [1.165, 1.54) is 5.56 Å². The summed E-state index contributed by atoms with van der Waals surface area (Å²) in [6.45, 7) is 11.6. The maximum atomic E-state index is 3.53. The lowest BCUT2D eigenvalue weighted by molar-refractivity contribution is 0.0883. The van der Waals surface area contributed by atoms with Gasteiger partial charge in [-0.05, 0) is 38.4 Å². The highest BCUT2D eigenvalue weighted by molar-refractivity contribution is 5.21. The Kier molecular flexibility index (Phi) is 6.70. The molecule has 0 aliphatic rings. The second-order valence-electron chi connectivity index (χ2n) is 6.56. The van der Waals surface area contributed by atoms with Crippen LogP contribution in [-0.2, 0) is 0 Å². The van der Waals surface area contributed by atoms with E-state index in [-0.39, 0.29) is 0 Å². The molecular weight excluding hydrogens is 244 g/mol. The fourth-order valence-electron chi connectivity index (χ4n) is 3.03. The molecule has 0 aliphatic carbocycles. The van der Waals surface area contributed by atoms with Crippen molar-refractivity contribution in [3.63, 3.8) is 0 Å². The summed E-state index contributed by atoms with van der Waals surface area (Å²) in [5.41, 5.74) is 1.37. The molecule has 1 N–H and O–H groups in total. The summed E-state index contributed by atoms with van der Waals surface area (Å²) in [4.78, 5) is 2.55. The minimum Gasteiger partial charge on any atom is -0.312 e. The highest BCUT2D eigenvalue weighted by Crippen LogP contribution is 2.28. The number of hydrogen-bond donors (Lipinski definition) is 1. The maximum Gasteiger partial charge on any atom is 0.0478 e. The molecule has 0 saturated carbocycles. The number of rotatable bonds is 7. The van der Waals surface area contributed by atoms with Crippen LogP contribution in [-0.4, -0.2) is 31.1 Å². The van der Waals surface area contributed by atoms with Crippen LogP contribution in [0.3, 0.4) is 0 Å². The zero-order chi connectivity index (χ0) is 15.3. The standard InChI is InChI=1S/C18H32N2/c1-13(2)15(5)20(7)18(14(3)4)17(19-6)16-11-9-8-10-12-16/h8-15,17-19H,1-7H3. The summed E-state index contributed by atoms with van der Waals surface area (Å²) in [6.07, 6.45) is 0. The van der Waals surface area contributed by atoms with Gasteiger partial charge in [0.2, 0.25) is 0 Å². The number of hydrogen-bond acceptors (Lipinski definition) is 2. The summed E-state index contributed by atoms with van der Waals surface area (Å²) in [7, 11) is 4.34. The monoisotopic (exact) mass is 276 g/mol. The third kappa shape index (κ3) is 4.07. The van der Waals surface area contributed by atoms with Gasteiger partial charge in [0.15, 0.2) is 0 Å². The van der Waals surface area contributed by atoms with Crippen molar-refractivity contribution in [3.05, 3.63) is 35.9 Å². The molecule has 1 aromatic rings. The van der Waals surface area contributed by atoms with Crippen LogP contribution in [0.1, 0.15) is 46.2 Å². The topological polar surface area (TPSA) is 15.3 Å². The molecule has 0 aromatic heterocycles. The van der Waals surface area contributed by atoms with Gasteiger partial charge in [-0.3, -0.25) is 4.90 Å². The van der Waals surface area contributed by atoms with E-state index in [2.05, 4.69) is 89.3 Å². The Hall–Kier alpha value is -0.860. The Balaban J connectivity index is 3.05. The number of nitrogens with one attached hydrogen (secondary N) is 1. The molecule has 0 bridgehead atoms. The Morgan fingerprint density at radius 1 is 0.900 bits per heavy atom. The molecule has 1 rings (SSSR count). The fraction of sp³-hybridized carbons (Fsp3) is 0.667. The van der Waals surface area contributed by atoms with Gasteiger partial charge in [0.05, 0.1) is 0 Å². The van der Waals surface area contributed by atoms with E-state index in [0.717, 1.165) is 0 Å². The fourth-order valence-corrected chi connectivity index (χ4v) is 3.03. The normalized spacial score (nSPS) is 16.7.